The number of likely N-dealkylation sites (tertiary alicyclic amines) is 1. The molecule has 11 heteroatoms. The van der Waals surface area contributed by atoms with Gasteiger partial charge in [0.1, 0.15) is 23.9 Å². The number of benzene rings is 1. The summed E-state index contributed by atoms with van der Waals surface area (Å²) in [5.74, 6) is 0.515. The van der Waals surface area contributed by atoms with Crippen LogP contribution in [0.2, 0.25) is 0 Å². The van der Waals surface area contributed by atoms with Gasteiger partial charge in [-0.2, -0.15) is 0 Å². The van der Waals surface area contributed by atoms with Crippen LogP contribution < -0.4 is 4.74 Å². The molecule has 2 aromatic heterocycles. The Hall–Kier alpha value is -4.08. The van der Waals surface area contributed by atoms with E-state index in [2.05, 4.69) is 15.0 Å². The molecular formula is C26H29N5O6. The first-order chi connectivity index (χ1) is 18.0. The lowest BCUT2D eigenvalue weighted by Crippen LogP contribution is -2.40. The number of hydrogen-bond donors (Lipinski definition) is 1. The number of ketones is 2. The molecule has 3 aromatic rings. The van der Waals surface area contributed by atoms with Gasteiger partial charge in [-0.1, -0.05) is 5.11 Å². The minimum absolute atomic E-state index is 0.0525. The van der Waals surface area contributed by atoms with Crippen molar-refractivity contribution in [2.75, 3.05) is 40.0 Å². The second-order valence-electron chi connectivity index (χ2n) is 8.76. The Morgan fingerprint density at radius 1 is 1.16 bits per heavy atom. The summed E-state index contributed by atoms with van der Waals surface area (Å²) in [7, 11) is 1.52. The zero-order valence-electron chi connectivity index (χ0n) is 20.7. The molecule has 0 saturated carbocycles. The van der Waals surface area contributed by atoms with E-state index < -0.39 is 11.7 Å². The van der Waals surface area contributed by atoms with E-state index >= 15 is 0 Å². The van der Waals surface area contributed by atoms with E-state index in [0.29, 0.717) is 53.2 Å². The standard InChI is InChI=1S/C26H29N5O6/c1-35-22-10-8-19(21-9-7-18(37-21)6-5-17(32)16-36-14-11-29-30-27)24-23(22)20(15-28-24)25(33)26(34)31-12-3-2-4-13-31/h7-10,15,28H,2-6,11-14,16H2,1H3. The molecule has 3 heterocycles. The average Bonchev–Trinajstić information content (AvgIpc) is 3.59. The number of Topliss-reactive ketones (excluding diaryl/α,β-unsaturated/α-hetero) is 2. The van der Waals surface area contributed by atoms with E-state index in [0.717, 1.165) is 19.3 Å². The van der Waals surface area contributed by atoms with E-state index in [-0.39, 0.29) is 37.5 Å². The number of fused-ring (bicyclic) bond motifs is 1. The fourth-order valence-corrected chi connectivity index (χ4v) is 4.46. The molecule has 0 atom stereocenters. The van der Waals surface area contributed by atoms with Gasteiger partial charge in [0.25, 0.3) is 11.7 Å². The predicted molar refractivity (Wildman–Crippen MR) is 135 cm³/mol. The zero-order valence-corrected chi connectivity index (χ0v) is 20.7. The fraction of sp³-hybridized carbons (Fsp3) is 0.423. The first kappa shape index (κ1) is 26.0. The molecule has 0 unspecified atom stereocenters. The molecule has 0 aliphatic carbocycles. The van der Waals surface area contributed by atoms with Crippen molar-refractivity contribution in [3.05, 3.63) is 52.2 Å². The van der Waals surface area contributed by atoms with Crippen LogP contribution in [-0.4, -0.2) is 67.3 Å². The maximum Gasteiger partial charge on any atom is 0.295 e. The number of rotatable bonds is 12. The van der Waals surface area contributed by atoms with Gasteiger partial charge in [0.05, 0.1) is 30.2 Å². The van der Waals surface area contributed by atoms with Crippen LogP contribution in [0.25, 0.3) is 32.7 Å². The second kappa shape index (κ2) is 12.2. The number of carbonyl (C=O) groups excluding carboxylic acids is 3. The summed E-state index contributed by atoms with van der Waals surface area (Å²) >= 11 is 0. The van der Waals surface area contributed by atoms with Crippen molar-refractivity contribution in [1.82, 2.24) is 9.88 Å². The fourth-order valence-electron chi connectivity index (χ4n) is 4.46. The minimum Gasteiger partial charge on any atom is -0.496 e. The SMILES string of the molecule is COc1ccc(-c2ccc(CCC(=O)COCCN=[N+]=[N-])o2)c2[nH]cc(C(=O)C(=O)N3CCCCC3)c12. The molecule has 1 fully saturated rings. The van der Waals surface area contributed by atoms with Crippen molar-refractivity contribution in [1.29, 1.82) is 0 Å². The Morgan fingerprint density at radius 2 is 1.97 bits per heavy atom. The number of azide groups is 1. The smallest absolute Gasteiger partial charge is 0.295 e. The van der Waals surface area contributed by atoms with Crippen LogP contribution in [0.5, 0.6) is 5.75 Å². The maximum absolute atomic E-state index is 13.2. The lowest BCUT2D eigenvalue weighted by atomic mass is 10.0. The van der Waals surface area contributed by atoms with Crippen molar-refractivity contribution in [2.45, 2.75) is 32.1 Å². The molecule has 1 aromatic carbocycles. The summed E-state index contributed by atoms with van der Waals surface area (Å²) in [4.78, 5) is 45.5. The first-order valence-corrected chi connectivity index (χ1v) is 12.2. The number of hydrogen-bond acceptors (Lipinski definition) is 7. The van der Waals surface area contributed by atoms with E-state index in [1.807, 2.05) is 6.07 Å². The van der Waals surface area contributed by atoms with Crippen molar-refractivity contribution in [2.24, 2.45) is 5.11 Å². The van der Waals surface area contributed by atoms with E-state index in [4.69, 9.17) is 19.4 Å². The van der Waals surface area contributed by atoms with Crippen LogP contribution in [0, 0.1) is 0 Å². The molecule has 4 rings (SSSR count). The number of piperidine rings is 1. The monoisotopic (exact) mass is 507 g/mol. The van der Waals surface area contributed by atoms with Gasteiger partial charge in [-0.25, -0.2) is 0 Å². The Morgan fingerprint density at radius 3 is 2.73 bits per heavy atom. The van der Waals surface area contributed by atoms with Crippen molar-refractivity contribution in [3.63, 3.8) is 0 Å². The average molecular weight is 508 g/mol. The number of aryl methyl sites for hydroxylation is 1. The number of carbonyl (C=O) groups is 3. The van der Waals surface area contributed by atoms with Crippen molar-refractivity contribution in [3.8, 4) is 17.1 Å². The minimum atomic E-state index is -0.566. The van der Waals surface area contributed by atoms with Crippen LogP contribution in [0.3, 0.4) is 0 Å². The molecule has 1 aliphatic rings. The molecule has 0 bridgehead atoms. The number of aromatic nitrogens is 1. The predicted octanol–water partition coefficient (Wildman–Crippen LogP) is 4.46. The van der Waals surface area contributed by atoms with Crippen LogP contribution in [0.4, 0.5) is 0 Å². The number of amides is 1. The number of H-pyrrole nitrogens is 1. The van der Waals surface area contributed by atoms with Crippen LogP contribution in [0.1, 0.15) is 41.8 Å². The Bertz CT molecular complexity index is 1330. The number of nitrogens with zero attached hydrogens (tertiary/aromatic N) is 4. The van der Waals surface area contributed by atoms with Crippen molar-refractivity contribution >= 4 is 28.4 Å². The summed E-state index contributed by atoms with van der Waals surface area (Å²) in [5, 5.41) is 3.88. The number of ether oxygens (including phenoxy) is 2. The van der Waals surface area contributed by atoms with Gasteiger partial charge in [0, 0.05) is 49.1 Å². The van der Waals surface area contributed by atoms with Crippen LogP contribution in [-0.2, 0) is 20.7 Å². The molecule has 1 aliphatic heterocycles. The largest absolute Gasteiger partial charge is 0.496 e. The van der Waals surface area contributed by atoms with Crippen molar-refractivity contribution < 1.29 is 28.3 Å². The number of methoxy groups -OCH3 is 1. The normalized spacial score (nSPS) is 13.4. The molecule has 1 amide bonds. The summed E-state index contributed by atoms with van der Waals surface area (Å²) in [5.41, 5.74) is 9.84. The molecule has 1 saturated heterocycles. The molecule has 37 heavy (non-hydrogen) atoms. The summed E-state index contributed by atoms with van der Waals surface area (Å²) in [6.45, 7) is 1.51. The van der Waals surface area contributed by atoms with E-state index in [1.54, 1.807) is 29.3 Å². The van der Waals surface area contributed by atoms with E-state index in [1.165, 1.54) is 7.11 Å². The highest BCUT2D eigenvalue weighted by molar-refractivity contribution is 6.45. The molecule has 194 valence electrons. The first-order valence-electron chi connectivity index (χ1n) is 12.2. The van der Waals surface area contributed by atoms with Gasteiger partial charge in [0.2, 0.25) is 0 Å². The van der Waals surface area contributed by atoms with E-state index in [9.17, 15) is 14.4 Å². The highest BCUT2D eigenvalue weighted by atomic mass is 16.5. The quantitative estimate of drug-likeness (QED) is 0.0954. The molecule has 0 radical (unpaired) electrons. The summed E-state index contributed by atoms with van der Waals surface area (Å²) in [6, 6.07) is 7.17. The Labute approximate surface area is 213 Å². The van der Waals surface area contributed by atoms with Gasteiger partial charge in [-0.05, 0) is 49.1 Å². The Kier molecular flexibility index (Phi) is 8.60. The maximum atomic E-state index is 13.2. The highest BCUT2D eigenvalue weighted by Crippen LogP contribution is 2.37. The number of nitrogens with one attached hydrogen (secondary N) is 1. The third-order valence-corrected chi connectivity index (χ3v) is 6.34. The van der Waals surface area contributed by atoms with Gasteiger partial charge >= 0.3 is 0 Å². The van der Waals surface area contributed by atoms with Gasteiger partial charge < -0.3 is 23.8 Å². The molecule has 1 N–H and O–H groups in total. The molecule has 0 spiro atoms. The molecule has 11 nitrogen and oxygen atoms in total. The summed E-state index contributed by atoms with van der Waals surface area (Å²) < 4.78 is 16.7. The Balaban J connectivity index is 1.49. The van der Waals surface area contributed by atoms with Gasteiger partial charge in [-0.3, -0.25) is 14.4 Å². The van der Waals surface area contributed by atoms with Crippen LogP contribution in [0.15, 0.2) is 40.0 Å². The highest BCUT2D eigenvalue weighted by Gasteiger charge is 2.28. The number of furan rings is 1. The van der Waals surface area contributed by atoms with Crippen LogP contribution >= 0.6 is 0 Å². The molecular weight excluding hydrogens is 478 g/mol. The van der Waals surface area contributed by atoms with Gasteiger partial charge in [0.15, 0.2) is 5.78 Å². The van der Waals surface area contributed by atoms with Gasteiger partial charge in [-0.15, -0.1) is 0 Å². The summed E-state index contributed by atoms with van der Waals surface area (Å²) in [6.07, 6.45) is 5.05. The lowest BCUT2D eigenvalue weighted by Gasteiger charge is -2.25. The lowest BCUT2D eigenvalue weighted by molar-refractivity contribution is -0.127. The zero-order chi connectivity index (χ0) is 26.2. The number of aromatic amines is 1. The topological polar surface area (TPSA) is 151 Å². The third-order valence-electron chi connectivity index (χ3n) is 6.34. The second-order valence-corrected chi connectivity index (χ2v) is 8.76. The third kappa shape index (κ3) is 6.02.